The highest BCUT2D eigenvalue weighted by atomic mass is 32.2. The predicted molar refractivity (Wildman–Crippen MR) is 76.0 cm³/mol. The van der Waals surface area contributed by atoms with Crippen LogP contribution < -0.4 is 9.64 Å². The van der Waals surface area contributed by atoms with E-state index in [1.54, 1.807) is 12.0 Å². The van der Waals surface area contributed by atoms with Gasteiger partial charge in [0.2, 0.25) is 5.91 Å². The first-order valence-corrected chi connectivity index (χ1v) is 7.14. The van der Waals surface area contributed by atoms with Gasteiger partial charge in [-0.25, -0.2) is 4.98 Å². The van der Waals surface area contributed by atoms with E-state index in [9.17, 15) is 4.79 Å². The van der Waals surface area contributed by atoms with Crippen molar-refractivity contribution in [3.05, 3.63) is 30.6 Å². The number of amides is 1. The lowest BCUT2D eigenvalue weighted by Crippen LogP contribution is -2.28. The molecule has 0 radical (unpaired) electrons. The van der Waals surface area contributed by atoms with Gasteiger partial charge < -0.3 is 9.64 Å². The number of carbonyl (C=O) groups is 1. The van der Waals surface area contributed by atoms with Gasteiger partial charge in [-0.05, 0) is 18.6 Å². The molecule has 1 saturated heterocycles. The Morgan fingerprint density at radius 3 is 3.05 bits per heavy atom. The lowest BCUT2D eigenvalue weighted by molar-refractivity contribution is -0.116. The molecule has 1 fully saturated rings. The quantitative estimate of drug-likeness (QED) is 0.928. The van der Waals surface area contributed by atoms with E-state index < -0.39 is 0 Å². The summed E-state index contributed by atoms with van der Waals surface area (Å²) >= 11 is 1.42. The Kier molecular flexibility index (Phi) is 3.60. The first kappa shape index (κ1) is 13.0. The summed E-state index contributed by atoms with van der Waals surface area (Å²) in [5.41, 5.74) is 0.820. The van der Waals surface area contributed by atoms with Gasteiger partial charge in [0.15, 0.2) is 5.16 Å². The number of aromatic nitrogens is 3. The average molecular weight is 290 g/mol. The molecule has 2 heterocycles. The number of ether oxygens (including phenoxy) is 1. The molecule has 20 heavy (non-hydrogen) atoms. The molecule has 0 spiro atoms. The first-order valence-electron chi connectivity index (χ1n) is 6.26. The van der Waals surface area contributed by atoms with Crippen LogP contribution in [-0.4, -0.2) is 40.0 Å². The molecule has 6 nitrogen and oxygen atoms in total. The number of anilines is 1. The van der Waals surface area contributed by atoms with Crippen molar-refractivity contribution in [3.63, 3.8) is 0 Å². The van der Waals surface area contributed by atoms with Crippen LogP contribution in [0, 0.1) is 0 Å². The zero-order valence-corrected chi connectivity index (χ0v) is 11.8. The van der Waals surface area contributed by atoms with Crippen molar-refractivity contribution in [2.75, 3.05) is 18.6 Å². The summed E-state index contributed by atoms with van der Waals surface area (Å²) in [6, 6.07) is 7.56. The van der Waals surface area contributed by atoms with Gasteiger partial charge in [0.25, 0.3) is 0 Å². The second kappa shape index (κ2) is 5.54. The van der Waals surface area contributed by atoms with Crippen LogP contribution in [0.25, 0.3) is 0 Å². The number of carbonyl (C=O) groups excluding carboxylic acids is 1. The fourth-order valence-electron chi connectivity index (χ4n) is 2.24. The van der Waals surface area contributed by atoms with E-state index in [4.69, 9.17) is 4.74 Å². The lowest BCUT2D eigenvalue weighted by Gasteiger charge is -2.19. The molecule has 104 valence electrons. The van der Waals surface area contributed by atoms with Crippen molar-refractivity contribution in [1.82, 2.24) is 15.2 Å². The summed E-state index contributed by atoms with van der Waals surface area (Å²) in [6.45, 7) is 0.686. The Morgan fingerprint density at radius 2 is 2.30 bits per heavy atom. The number of para-hydroxylation sites is 2. The average Bonchev–Trinajstić information content (AvgIpc) is 3.11. The number of methoxy groups -OCH3 is 1. The van der Waals surface area contributed by atoms with Crippen molar-refractivity contribution >= 4 is 23.4 Å². The number of thioether (sulfide) groups is 1. The maximum Gasteiger partial charge on any atom is 0.240 e. The molecule has 1 aromatic heterocycles. The number of nitrogens with one attached hydrogen (secondary N) is 1. The van der Waals surface area contributed by atoms with Crippen molar-refractivity contribution in [3.8, 4) is 5.75 Å². The summed E-state index contributed by atoms with van der Waals surface area (Å²) in [5.74, 6) is 0.794. The highest BCUT2D eigenvalue weighted by Crippen LogP contribution is 2.35. The van der Waals surface area contributed by atoms with E-state index in [-0.39, 0.29) is 11.2 Å². The van der Waals surface area contributed by atoms with Crippen molar-refractivity contribution in [1.29, 1.82) is 0 Å². The fraction of sp³-hybridized carbons (Fsp3) is 0.308. The normalized spacial score (nSPS) is 18.6. The van der Waals surface area contributed by atoms with Crippen LogP contribution in [0.2, 0.25) is 0 Å². The molecule has 0 aliphatic carbocycles. The smallest absolute Gasteiger partial charge is 0.240 e. The van der Waals surface area contributed by atoms with Crippen molar-refractivity contribution < 1.29 is 9.53 Å². The van der Waals surface area contributed by atoms with Crippen LogP contribution in [0.1, 0.15) is 6.42 Å². The number of hydrogen-bond donors (Lipinski definition) is 1. The Bertz CT molecular complexity index is 602. The van der Waals surface area contributed by atoms with Gasteiger partial charge in [0, 0.05) is 6.54 Å². The van der Waals surface area contributed by atoms with Crippen LogP contribution in [0.4, 0.5) is 5.69 Å². The Morgan fingerprint density at radius 1 is 1.45 bits per heavy atom. The van der Waals surface area contributed by atoms with Crippen molar-refractivity contribution in [2.24, 2.45) is 0 Å². The van der Waals surface area contributed by atoms with E-state index in [2.05, 4.69) is 15.2 Å². The molecule has 1 N–H and O–H groups in total. The third-order valence-electron chi connectivity index (χ3n) is 3.18. The zero-order chi connectivity index (χ0) is 13.9. The monoisotopic (exact) mass is 290 g/mol. The minimum Gasteiger partial charge on any atom is -0.495 e. The van der Waals surface area contributed by atoms with Gasteiger partial charge in [-0.1, -0.05) is 23.9 Å². The maximum atomic E-state index is 12.5. The van der Waals surface area contributed by atoms with Gasteiger partial charge in [0.1, 0.15) is 12.1 Å². The number of rotatable bonds is 4. The summed E-state index contributed by atoms with van der Waals surface area (Å²) in [7, 11) is 1.61. The summed E-state index contributed by atoms with van der Waals surface area (Å²) < 4.78 is 5.32. The number of H-pyrrole nitrogens is 1. The molecule has 1 aliphatic heterocycles. The third-order valence-corrected chi connectivity index (χ3v) is 4.32. The van der Waals surface area contributed by atoms with E-state index in [0.717, 1.165) is 12.1 Å². The van der Waals surface area contributed by atoms with Crippen molar-refractivity contribution in [2.45, 2.75) is 16.8 Å². The Balaban J connectivity index is 1.78. The molecule has 1 atom stereocenters. The number of hydrogen-bond acceptors (Lipinski definition) is 5. The molecule has 1 aliphatic rings. The molecule has 3 rings (SSSR count). The molecule has 7 heteroatoms. The van der Waals surface area contributed by atoms with Crippen LogP contribution in [0.5, 0.6) is 5.75 Å². The van der Waals surface area contributed by atoms with Gasteiger partial charge >= 0.3 is 0 Å². The van der Waals surface area contributed by atoms with Gasteiger partial charge in [-0.3, -0.25) is 9.89 Å². The highest BCUT2D eigenvalue weighted by Gasteiger charge is 2.35. The number of aromatic amines is 1. The standard InChI is InChI=1S/C13H14N4O2S/c1-19-10-5-3-2-4-9(10)17-7-6-11(12(17)18)20-13-14-8-15-16-13/h2-5,8,11H,6-7H2,1H3,(H,14,15,16)/t11-/m1/s1. The first-order chi connectivity index (χ1) is 9.79. The molecular formula is C13H14N4O2S. The molecule has 1 amide bonds. The summed E-state index contributed by atoms with van der Waals surface area (Å²) in [5, 5.41) is 7.10. The van der Waals surface area contributed by atoms with Gasteiger partial charge in [-0.2, -0.15) is 5.10 Å². The van der Waals surface area contributed by atoms with Crippen LogP contribution >= 0.6 is 11.8 Å². The van der Waals surface area contributed by atoms with E-state index in [0.29, 0.717) is 17.5 Å². The summed E-state index contributed by atoms with van der Waals surface area (Å²) in [6.07, 6.45) is 2.22. The SMILES string of the molecule is COc1ccccc1N1CC[C@@H](Sc2ncn[nH]2)C1=O. The number of benzene rings is 1. The van der Waals surface area contributed by atoms with Crippen LogP contribution in [0.15, 0.2) is 35.7 Å². The lowest BCUT2D eigenvalue weighted by atomic mass is 10.2. The predicted octanol–water partition coefficient (Wildman–Crippen LogP) is 1.71. The van der Waals surface area contributed by atoms with E-state index in [1.165, 1.54) is 18.1 Å². The zero-order valence-electron chi connectivity index (χ0n) is 10.9. The van der Waals surface area contributed by atoms with Gasteiger partial charge in [0.05, 0.1) is 18.0 Å². The van der Waals surface area contributed by atoms with E-state index in [1.807, 2.05) is 24.3 Å². The minimum atomic E-state index is -0.132. The second-order valence-electron chi connectivity index (χ2n) is 4.35. The second-order valence-corrected chi connectivity index (χ2v) is 5.54. The Hall–Kier alpha value is -2.02. The fourth-order valence-corrected chi connectivity index (χ4v) is 3.18. The molecule has 2 aromatic rings. The van der Waals surface area contributed by atoms with Crippen LogP contribution in [0.3, 0.4) is 0 Å². The van der Waals surface area contributed by atoms with E-state index >= 15 is 0 Å². The summed E-state index contributed by atoms with van der Waals surface area (Å²) in [4.78, 5) is 18.3. The third kappa shape index (κ3) is 2.36. The highest BCUT2D eigenvalue weighted by molar-refractivity contribution is 8.00. The topological polar surface area (TPSA) is 71.1 Å². The largest absolute Gasteiger partial charge is 0.495 e. The number of nitrogens with zero attached hydrogens (tertiary/aromatic N) is 3. The molecule has 1 aromatic carbocycles. The van der Waals surface area contributed by atoms with Gasteiger partial charge in [-0.15, -0.1) is 0 Å². The molecular weight excluding hydrogens is 276 g/mol. The molecule has 0 bridgehead atoms. The Labute approximate surface area is 120 Å². The molecule has 0 unspecified atom stereocenters. The molecule has 0 saturated carbocycles. The maximum absolute atomic E-state index is 12.5. The van der Waals surface area contributed by atoms with Crippen LogP contribution in [-0.2, 0) is 4.79 Å². The minimum absolute atomic E-state index is 0.0795.